The van der Waals surface area contributed by atoms with Crippen molar-refractivity contribution in [3.8, 4) is 0 Å². The molecule has 3 N–H and O–H groups in total. The van der Waals surface area contributed by atoms with Crippen LogP contribution >= 0.6 is 0 Å². The molecule has 0 radical (unpaired) electrons. The van der Waals surface area contributed by atoms with Crippen LogP contribution in [0.3, 0.4) is 0 Å². The molecule has 0 aromatic heterocycles. The van der Waals surface area contributed by atoms with Crippen LogP contribution in [0.2, 0.25) is 0 Å². The zero-order valence-electron chi connectivity index (χ0n) is 7.30. The molecular weight excluding hydrogens is 180 g/mol. The number of carboxylic acid groups (broad SMARTS) is 1. The largest absolute Gasteiger partial charge is 0.479 e. The van der Waals surface area contributed by atoms with Crippen LogP contribution in [0.25, 0.3) is 0 Å². The lowest BCUT2D eigenvalue weighted by atomic mass is 10.2. The van der Waals surface area contributed by atoms with Crippen molar-refractivity contribution in [2.24, 2.45) is 0 Å². The number of ether oxygens (including phenoxy) is 2. The Bertz CT molecular complexity index is 213. The molecule has 0 saturated carbocycles. The minimum Gasteiger partial charge on any atom is -0.479 e. The van der Waals surface area contributed by atoms with Gasteiger partial charge in [0.25, 0.3) is 0 Å². The van der Waals surface area contributed by atoms with Crippen molar-refractivity contribution in [2.75, 3.05) is 0 Å². The van der Waals surface area contributed by atoms with Gasteiger partial charge in [-0.05, 0) is 13.8 Å². The zero-order chi connectivity index (χ0) is 10.2. The molecule has 76 valence electrons. The van der Waals surface area contributed by atoms with Crippen LogP contribution in [-0.2, 0) is 14.3 Å². The van der Waals surface area contributed by atoms with Crippen molar-refractivity contribution in [1.82, 2.24) is 0 Å². The van der Waals surface area contributed by atoms with Crippen molar-refractivity contribution < 1.29 is 29.6 Å². The van der Waals surface area contributed by atoms with E-state index in [1.807, 2.05) is 0 Å². The molecule has 6 heteroatoms. The van der Waals surface area contributed by atoms with Crippen LogP contribution in [-0.4, -0.2) is 45.6 Å². The first-order valence-corrected chi connectivity index (χ1v) is 3.78. The second kappa shape index (κ2) is 3.22. The van der Waals surface area contributed by atoms with Crippen LogP contribution in [0, 0.1) is 0 Å². The predicted molar refractivity (Wildman–Crippen MR) is 39.7 cm³/mol. The van der Waals surface area contributed by atoms with Gasteiger partial charge >= 0.3 is 5.97 Å². The number of aliphatic hydroxyl groups is 2. The van der Waals surface area contributed by atoms with Crippen LogP contribution in [0.4, 0.5) is 0 Å². The van der Waals surface area contributed by atoms with Gasteiger partial charge in [-0.15, -0.1) is 0 Å². The summed E-state index contributed by atoms with van der Waals surface area (Å²) in [5, 5.41) is 26.7. The SMILES string of the molecule is CC1(C)O[C@H]([C@H](O)C(=O)O)[C@H](O)O1. The van der Waals surface area contributed by atoms with Crippen molar-refractivity contribution in [1.29, 1.82) is 0 Å². The van der Waals surface area contributed by atoms with Crippen LogP contribution in [0.15, 0.2) is 0 Å². The molecule has 3 atom stereocenters. The topological polar surface area (TPSA) is 96.2 Å². The van der Waals surface area contributed by atoms with Gasteiger partial charge in [0.05, 0.1) is 0 Å². The van der Waals surface area contributed by atoms with Gasteiger partial charge in [-0.1, -0.05) is 0 Å². The highest BCUT2D eigenvalue weighted by atomic mass is 16.8. The smallest absolute Gasteiger partial charge is 0.335 e. The fraction of sp³-hybridized carbons (Fsp3) is 0.857. The van der Waals surface area contributed by atoms with Crippen molar-refractivity contribution in [3.63, 3.8) is 0 Å². The number of rotatable bonds is 2. The van der Waals surface area contributed by atoms with Gasteiger partial charge < -0.3 is 24.8 Å². The lowest BCUT2D eigenvalue weighted by molar-refractivity contribution is -0.176. The van der Waals surface area contributed by atoms with E-state index in [2.05, 4.69) is 0 Å². The Morgan fingerprint density at radius 3 is 2.31 bits per heavy atom. The van der Waals surface area contributed by atoms with Gasteiger partial charge in [0.1, 0.15) is 6.10 Å². The van der Waals surface area contributed by atoms with Gasteiger partial charge in [-0.3, -0.25) is 0 Å². The Morgan fingerprint density at radius 1 is 1.46 bits per heavy atom. The minimum atomic E-state index is -1.78. The molecule has 1 aliphatic rings. The van der Waals surface area contributed by atoms with E-state index in [1.54, 1.807) is 0 Å². The molecule has 1 aliphatic heterocycles. The Morgan fingerprint density at radius 2 is 2.00 bits per heavy atom. The quantitative estimate of drug-likeness (QED) is 0.514. The summed E-state index contributed by atoms with van der Waals surface area (Å²) in [6, 6.07) is 0. The summed E-state index contributed by atoms with van der Waals surface area (Å²) in [5.74, 6) is -2.52. The standard InChI is InChI=1S/C7H12O6/c1-7(2)12-4(6(11)13-7)3(8)5(9)10/h3-4,6,8,11H,1-2H3,(H,9,10)/t3-,4+,6+/m0/s1. The van der Waals surface area contributed by atoms with E-state index in [-0.39, 0.29) is 0 Å². The molecule has 0 aliphatic carbocycles. The minimum absolute atomic E-state index is 1.07. The van der Waals surface area contributed by atoms with Gasteiger partial charge in [0.15, 0.2) is 18.2 Å². The maximum absolute atomic E-state index is 10.3. The van der Waals surface area contributed by atoms with Gasteiger partial charge in [-0.25, -0.2) is 4.79 Å². The van der Waals surface area contributed by atoms with E-state index in [4.69, 9.17) is 19.7 Å². The number of carboxylic acids is 1. The second-order valence-corrected chi connectivity index (χ2v) is 3.27. The lowest BCUT2D eigenvalue weighted by Crippen LogP contribution is -2.40. The molecule has 0 unspecified atom stereocenters. The third-order valence-electron chi connectivity index (χ3n) is 1.67. The molecule has 0 spiro atoms. The number of aliphatic carboxylic acids is 1. The van der Waals surface area contributed by atoms with Crippen molar-refractivity contribution in [2.45, 2.75) is 38.1 Å². The summed E-state index contributed by atoms with van der Waals surface area (Å²) in [6.07, 6.45) is -4.44. The molecule has 13 heavy (non-hydrogen) atoms. The summed E-state index contributed by atoms with van der Waals surface area (Å²) in [7, 11) is 0. The molecule has 1 heterocycles. The number of carbonyl (C=O) groups is 1. The highest BCUT2D eigenvalue weighted by molar-refractivity contribution is 5.72. The molecule has 6 nitrogen and oxygen atoms in total. The summed E-state index contributed by atoms with van der Waals surface area (Å²) in [6.45, 7) is 3.04. The number of hydrogen-bond donors (Lipinski definition) is 3. The number of hydrogen-bond acceptors (Lipinski definition) is 5. The summed E-state index contributed by atoms with van der Waals surface area (Å²) in [4.78, 5) is 10.3. The molecule has 0 bridgehead atoms. The van der Waals surface area contributed by atoms with E-state index in [1.165, 1.54) is 13.8 Å². The third-order valence-corrected chi connectivity index (χ3v) is 1.67. The fourth-order valence-electron chi connectivity index (χ4n) is 1.13. The highest BCUT2D eigenvalue weighted by Gasteiger charge is 2.46. The van der Waals surface area contributed by atoms with Crippen LogP contribution in [0.5, 0.6) is 0 Å². The highest BCUT2D eigenvalue weighted by Crippen LogP contribution is 2.28. The molecule has 1 saturated heterocycles. The Balaban J connectivity index is 2.67. The zero-order valence-corrected chi connectivity index (χ0v) is 7.30. The van der Waals surface area contributed by atoms with Crippen LogP contribution < -0.4 is 0 Å². The van der Waals surface area contributed by atoms with E-state index < -0.39 is 30.3 Å². The maximum atomic E-state index is 10.3. The Hall–Kier alpha value is -0.690. The number of aliphatic hydroxyl groups excluding tert-OH is 2. The van der Waals surface area contributed by atoms with Crippen molar-refractivity contribution >= 4 is 5.97 Å². The molecular formula is C7H12O6. The van der Waals surface area contributed by atoms with E-state index in [0.717, 1.165) is 0 Å². The van der Waals surface area contributed by atoms with Crippen LogP contribution in [0.1, 0.15) is 13.8 Å². The van der Waals surface area contributed by atoms with E-state index in [0.29, 0.717) is 0 Å². The molecule has 0 aromatic carbocycles. The van der Waals surface area contributed by atoms with E-state index in [9.17, 15) is 9.90 Å². The summed E-state index contributed by atoms with van der Waals surface area (Å²) in [5.41, 5.74) is 0. The monoisotopic (exact) mass is 192 g/mol. The second-order valence-electron chi connectivity index (χ2n) is 3.27. The Labute approximate surface area is 74.7 Å². The molecule has 0 aromatic rings. The van der Waals surface area contributed by atoms with Gasteiger partial charge in [0, 0.05) is 0 Å². The molecule has 1 rings (SSSR count). The summed E-state index contributed by atoms with van der Waals surface area (Å²) < 4.78 is 9.82. The molecule has 0 amide bonds. The van der Waals surface area contributed by atoms with Gasteiger partial charge in [0.2, 0.25) is 0 Å². The lowest BCUT2D eigenvalue weighted by Gasteiger charge is -2.17. The molecule has 1 fully saturated rings. The van der Waals surface area contributed by atoms with Crippen molar-refractivity contribution in [3.05, 3.63) is 0 Å². The Kier molecular flexibility index (Phi) is 2.58. The average Bonchev–Trinajstić information content (AvgIpc) is 2.22. The normalized spacial score (nSPS) is 34.5. The first-order valence-electron chi connectivity index (χ1n) is 3.78. The van der Waals surface area contributed by atoms with Gasteiger partial charge in [-0.2, -0.15) is 0 Å². The summed E-state index contributed by atoms with van der Waals surface area (Å²) >= 11 is 0. The van der Waals surface area contributed by atoms with E-state index >= 15 is 0 Å². The fourth-order valence-corrected chi connectivity index (χ4v) is 1.13. The predicted octanol–water partition coefficient (Wildman–Crippen LogP) is -1.10. The maximum Gasteiger partial charge on any atom is 0.335 e. The third kappa shape index (κ3) is 2.16. The average molecular weight is 192 g/mol. The first kappa shape index (κ1) is 10.4. The first-order chi connectivity index (χ1) is 5.83.